The second-order valence-corrected chi connectivity index (χ2v) is 5.99. The van der Waals surface area contributed by atoms with Gasteiger partial charge in [0, 0.05) is 56.4 Å². The molecule has 1 aliphatic heterocycles. The first-order chi connectivity index (χ1) is 10.6. The fourth-order valence-electron chi connectivity index (χ4n) is 2.66. The van der Waals surface area contributed by atoms with Gasteiger partial charge in [-0.1, -0.05) is 11.6 Å². The molecule has 0 unspecified atom stereocenters. The van der Waals surface area contributed by atoms with E-state index in [2.05, 4.69) is 10.00 Å². The van der Waals surface area contributed by atoms with Gasteiger partial charge in [0.2, 0.25) is 5.91 Å². The Morgan fingerprint density at radius 1 is 1.18 bits per heavy atom. The van der Waals surface area contributed by atoms with Crippen LogP contribution in [-0.2, 0) is 11.3 Å². The lowest BCUT2D eigenvalue weighted by Crippen LogP contribution is -2.47. The number of amides is 1. The molecule has 3 rings (SSSR count). The van der Waals surface area contributed by atoms with Crippen LogP contribution in [0.1, 0.15) is 12.5 Å². The third kappa shape index (κ3) is 3.48. The lowest BCUT2D eigenvalue weighted by Gasteiger charge is -2.33. The van der Waals surface area contributed by atoms with Crippen molar-refractivity contribution >= 4 is 17.5 Å². The smallest absolute Gasteiger partial charge is 0.219 e. The molecule has 1 aromatic heterocycles. The fraction of sp³-hybridized carbons (Fsp3) is 0.375. The first kappa shape index (κ1) is 15.1. The summed E-state index contributed by atoms with van der Waals surface area (Å²) in [7, 11) is 0. The van der Waals surface area contributed by atoms with Crippen molar-refractivity contribution in [2.24, 2.45) is 0 Å². The molecule has 0 spiro atoms. The average Bonchev–Trinajstić information content (AvgIpc) is 2.97. The van der Waals surface area contributed by atoms with E-state index in [-0.39, 0.29) is 5.91 Å². The zero-order chi connectivity index (χ0) is 15.5. The van der Waals surface area contributed by atoms with Crippen LogP contribution in [0.5, 0.6) is 0 Å². The number of hydrogen-bond acceptors (Lipinski definition) is 3. The van der Waals surface area contributed by atoms with Gasteiger partial charge in [0.1, 0.15) is 0 Å². The highest BCUT2D eigenvalue weighted by Gasteiger charge is 2.18. The molecule has 1 amide bonds. The largest absolute Gasteiger partial charge is 0.340 e. The number of carbonyl (C=O) groups excluding carboxylic acids is 1. The predicted molar refractivity (Wildman–Crippen MR) is 86.1 cm³/mol. The fourth-order valence-corrected chi connectivity index (χ4v) is 2.78. The van der Waals surface area contributed by atoms with Gasteiger partial charge in [0.25, 0.3) is 0 Å². The van der Waals surface area contributed by atoms with E-state index in [1.54, 1.807) is 6.92 Å². The Kier molecular flexibility index (Phi) is 4.45. The van der Waals surface area contributed by atoms with Crippen molar-refractivity contribution in [1.82, 2.24) is 19.6 Å². The summed E-state index contributed by atoms with van der Waals surface area (Å²) in [6.07, 6.45) is 3.94. The van der Waals surface area contributed by atoms with Crippen LogP contribution in [0, 0.1) is 0 Å². The molecule has 6 heteroatoms. The normalized spacial score (nSPS) is 16.0. The standard InChI is InChI=1S/C16H19ClN4O/c1-13(22)20-8-6-19(7-9-20)11-14-10-18-21(12-14)16-4-2-15(17)3-5-16/h2-5,10,12H,6-9,11H2,1H3. The molecule has 0 radical (unpaired) electrons. The quantitative estimate of drug-likeness (QED) is 0.871. The Bertz CT molecular complexity index is 644. The van der Waals surface area contributed by atoms with Crippen LogP contribution in [0.25, 0.3) is 5.69 Å². The summed E-state index contributed by atoms with van der Waals surface area (Å²) in [5.74, 6) is 0.162. The van der Waals surface area contributed by atoms with E-state index < -0.39 is 0 Å². The highest BCUT2D eigenvalue weighted by atomic mass is 35.5. The molecular formula is C16H19ClN4O. The lowest BCUT2D eigenvalue weighted by molar-refractivity contribution is -0.130. The minimum atomic E-state index is 0.162. The van der Waals surface area contributed by atoms with E-state index in [9.17, 15) is 4.79 Å². The van der Waals surface area contributed by atoms with Crippen molar-refractivity contribution in [3.63, 3.8) is 0 Å². The molecular weight excluding hydrogens is 300 g/mol. The Morgan fingerprint density at radius 2 is 1.86 bits per heavy atom. The van der Waals surface area contributed by atoms with E-state index >= 15 is 0 Å². The molecule has 1 fully saturated rings. The van der Waals surface area contributed by atoms with Gasteiger partial charge in [0.05, 0.1) is 11.9 Å². The second-order valence-electron chi connectivity index (χ2n) is 5.55. The molecule has 116 valence electrons. The van der Waals surface area contributed by atoms with E-state index in [0.717, 1.165) is 43.4 Å². The summed E-state index contributed by atoms with van der Waals surface area (Å²) < 4.78 is 1.86. The highest BCUT2D eigenvalue weighted by molar-refractivity contribution is 6.30. The second kappa shape index (κ2) is 6.50. The van der Waals surface area contributed by atoms with Gasteiger partial charge in [-0.15, -0.1) is 0 Å². The minimum Gasteiger partial charge on any atom is -0.340 e. The van der Waals surface area contributed by atoms with Crippen molar-refractivity contribution in [3.05, 3.63) is 47.2 Å². The van der Waals surface area contributed by atoms with Crippen molar-refractivity contribution in [2.45, 2.75) is 13.5 Å². The number of aromatic nitrogens is 2. The number of nitrogens with zero attached hydrogens (tertiary/aromatic N) is 4. The number of carbonyl (C=O) groups is 1. The molecule has 2 aromatic rings. The number of benzene rings is 1. The molecule has 0 saturated carbocycles. The SMILES string of the molecule is CC(=O)N1CCN(Cc2cnn(-c3ccc(Cl)cc3)c2)CC1. The molecule has 1 aromatic carbocycles. The van der Waals surface area contributed by atoms with E-state index in [1.165, 1.54) is 5.56 Å². The molecule has 2 heterocycles. The topological polar surface area (TPSA) is 41.4 Å². The van der Waals surface area contributed by atoms with Crippen LogP contribution in [0.15, 0.2) is 36.7 Å². The maximum atomic E-state index is 11.3. The molecule has 0 atom stereocenters. The van der Waals surface area contributed by atoms with Crippen LogP contribution in [-0.4, -0.2) is 51.7 Å². The van der Waals surface area contributed by atoms with E-state index in [1.807, 2.05) is 46.2 Å². The monoisotopic (exact) mass is 318 g/mol. The average molecular weight is 319 g/mol. The lowest BCUT2D eigenvalue weighted by atomic mass is 10.2. The first-order valence-corrected chi connectivity index (χ1v) is 7.77. The van der Waals surface area contributed by atoms with Gasteiger partial charge < -0.3 is 4.90 Å². The van der Waals surface area contributed by atoms with Crippen molar-refractivity contribution in [3.8, 4) is 5.69 Å². The third-order valence-corrected chi connectivity index (χ3v) is 4.20. The zero-order valence-electron chi connectivity index (χ0n) is 12.6. The molecule has 1 aliphatic rings. The van der Waals surface area contributed by atoms with Crippen molar-refractivity contribution in [2.75, 3.05) is 26.2 Å². The summed E-state index contributed by atoms with van der Waals surface area (Å²) in [5, 5.41) is 5.13. The summed E-state index contributed by atoms with van der Waals surface area (Å²) in [6, 6.07) is 7.62. The van der Waals surface area contributed by atoms with Crippen LogP contribution < -0.4 is 0 Å². The summed E-state index contributed by atoms with van der Waals surface area (Å²) in [6.45, 7) is 5.92. The highest BCUT2D eigenvalue weighted by Crippen LogP contribution is 2.14. The van der Waals surface area contributed by atoms with Gasteiger partial charge in [-0.05, 0) is 24.3 Å². The Labute approximate surface area is 135 Å². The van der Waals surface area contributed by atoms with Gasteiger partial charge in [-0.25, -0.2) is 4.68 Å². The predicted octanol–water partition coefficient (Wildman–Crippen LogP) is 2.19. The summed E-state index contributed by atoms with van der Waals surface area (Å²) in [5.41, 5.74) is 2.17. The number of rotatable bonds is 3. The summed E-state index contributed by atoms with van der Waals surface area (Å²) in [4.78, 5) is 15.6. The molecule has 0 N–H and O–H groups in total. The van der Waals surface area contributed by atoms with Crippen molar-refractivity contribution in [1.29, 1.82) is 0 Å². The van der Waals surface area contributed by atoms with Crippen LogP contribution >= 0.6 is 11.6 Å². The Balaban J connectivity index is 1.60. The molecule has 0 bridgehead atoms. The van der Waals surface area contributed by atoms with Crippen molar-refractivity contribution < 1.29 is 4.79 Å². The van der Waals surface area contributed by atoms with Crippen LogP contribution in [0.2, 0.25) is 5.02 Å². The maximum Gasteiger partial charge on any atom is 0.219 e. The summed E-state index contributed by atoms with van der Waals surface area (Å²) >= 11 is 5.90. The van der Waals surface area contributed by atoms with Gasteiger partial charge in [0.15, 0.2) is 0 Å². The molecule has 5 nitrogen and oxygen atoms in total. The number of halogens is 1. The van der Waals surface area contributed by atoms with E-state index in [4.69, 9.17) is 11.6 Å². The zero-order valence-corrected chi connectivity index (χ0v) is 13.3. The molecule has 1 saturated heterocycles. The molecule has 22 heavy (non-hydrogen) atoms. The maximum absolute atomic E-state index is 11.3. The third-order valence-electron chi connectivity index (χ3n) is 3.95. The Morgan fingerprint density at radius 3 is 2.50 bits per heavy atom. The van der Waals surface area contributed by atoms with Crippen LogP contribution in [0.4, 0.5) is 0 Å². The number of piperazine rings is 1. The minimum absolute atomic E-state index is 0.162. The van der Waals surface area contributed by atoms with Gasteiger partial charge in [-0.2, -0.15) is 5.10 Å². The first-order valence-electron chi connectivity index (χ1n) is 7.39. The van der Waals surface area contributed by atoms with Gasteiger partial charge >= 0.3 is 0 Å². The van der Waals surface area contributed by atoms with Gasteiger partial charge in [-0.3, -0.25) is 9.69 Å². The van der Waals surface area contributed by atoms with E-state index in [0.29, 0.717) is 0 Å². The molecule has 0 aliphatic carbocycles. The van der Waals surface area contributed by atoms with Crippen LogP contribution in [0.3, 0.4) is 0 Å². The number of hydrogen-bond donors (Lipinski definition) is 0. The Hall–Kier alpha value is -1.85.